The lowest BCUT2D eigenvalue weighted by Crippen LogP contribution is -2.17. The van der Waals surface area contributed by atoms with Gasteiger partial charge in [0.05, 0.1) is 16.7 Å². The summed E-state index contributed by atoms with van der Waals surface area (Å²) in [4.78, 5) is 12.9. The number of carbonyl (C=O) groups excluding carboxylic acids is 1. The number of ether oxygens (including phenoxy) is 1. The number of rotatable bonds is 7. The zero-order valence-corrected chi connectivity index (χ0v) is 18.8. The predicted molar refractivity (Wildman–Crippen MR) is 123 cm³/mol. The number of amides is 1. The molecular weight excluding hydrogens is 412 g/mol. The molecule has 0 fully saturated rings. The molecule has 3 aromatic rings. The molecular formula is C24H26N2O4S. The van der Waals surface area contributed by atoms with E-state index in [1.54, 1.807) is 49.4 Å². The summed E-state index contributed by atoms with van der Waals surface area (Å²) in [7, 11) is -3.85. The minimum atomic E-state index is -3.85. The van der Waals surface area contributed by atoms with Crippen LogP contribution in [0, 0.1) is 13.8 Å². The van der Waals surface area contributed by atoms with Crippen molar-refractivity contribution in [2.45, 2.75) is 38.7 Å². The molecule has 3 aromatic carbocycles. The molecule has 0 unspecified atom stereocenters. The van der Waals surface area contributed by atoms with Gasteiger partial charge in [0.2, 0.25) is 0 Å². The molecule has 0 heterocycles. The average Bonchev–Trinajstić information content (AvgIpc) is 2.71. The molecule has 0 spiro atoms. The maximum Gasteiger partial charge on any atom is 0.261 e. The molecule has 162 valence electrons. The van der Waals surface area contributed by atoms with E-state index in [4.69, 9.17) is 4.74 Å². The SMILES string of the molecule is Cc1ccccc1NS(=O)(=O)c1ccc(C)c(C(=O)Nc2ccc(OC(C)C)cc2)c1. The lowest BCUT2D eigenvalue weighted by atomic mass is 10.1. The molecule has 0 aliphatic rings. The zero-order valence-electron chi connectivity index (χ0n) is 18.0. The Bertz CT molecular complexity index is 1190. The van der Waals surface area contributed by atoms with Crippen LogP contribution in [0.25, 0.3) is 0 Å². The first-order valence-electron chi connectivity index (χ1n) is 9.93. The first kappa shape index (κ1) is 22.4. The highest BCUT2D eigenvalue weighted by Gasteiger charge is 2.19. The van der Waals surface area contributed by atoms with Crippen molar-refractivity contribution in [1.82, 2.24) is 0 Å². The number of aryl methyl sites for hydroxylation is 2. The zero-order chi connectivity index (χ0) is 22.6. The van der Waals surface area contributed by atoms with Gasteiger partial charge in [0.15, 0.2) is 0 Å². The second-order valence-electron chi connectivity index (χ2n) is 7.54. The summed E-state index contributed by atoms with van der Waals surface area (Å²) >= 11 is 0. The Morgan fingerprint density at radius 3 is 2.23 bits per heavy atom. The van der Waals surface area contributed by atoms with E-state index in [1.807, 2.05) is 32.9 Å². The third-order valence-electron chi connectivity index (χ3n) is 4.64. The molecule has 0 aliphatic carbocycles. The fourth-order valence-electron chi connectivity index (χ4n) is 2.99. The summed E-state index contributed by atoms with van der Waals surface area (Å²) in [5.41, 5.74) is 2.85. The molecule has 0 aliphatic heterocycles. The normalized spacial score (nSPS) is 11.3. The van der Waals surface area contributed by atoms with Crippen LogP contribution in [0.2, 0.25) is 0 Å². The van der Waals surface area contributed by atoms with Crippen molar-refractivity contribution in [1.29, 1.82) is 0 Å². The number of hydrogen-bond acceptors (Lipinski definition) is 4. The smallest absolute Gasteiger partial charge is 0.261 e. The quantitative estimate of drug-likeness (QED) is 0.535. The molecule has 0 saturated heterocycles. The average molecular weight is 439 g/mol. The van der Waals surface area contributed by atoms with Gasteiger partial charge < -0.3 is 10.1 Å². The first-order chi connectivity index (χ1) is 14.7. The number of benzene rings is 3. The molecule has 3 rings (SSSR count). The summed E-state index contributed by atoms with van der Waals surface area (Å²) in [6.45, 7) is 7.46. The van der Waals surface area contributed by atoms with Crippen LogP contribution >= 0.6 is 0 Å². The third kappa shape index (κ3) is 5.64. The largest absolute Gasteiger partial charge is 0.491 e. The highest BCUT2D eigenvalue weighted by Crippen LogP contribution is 2.23. The molecule has 0 atom stereocenters. The van der Waals surface area contributed by atoms with E-state index in [0.29, 0.717) is 22.7 Å². The van der Waals surface area contributed by atoms with Gasteiger partial charge >= 0.3 is 0 Å². The Balaban J connectivity index is 1.81. The van der Waals surface area contributed by atoms with Gasteiger partial charge in [0.1, 0.15) is 5.75 Å². The summed E-state index contributed by atoms with van der Waals surface area (Å²) < 4.78 is 33.9. The molecule has 1 amide bonds. The summed E-state index contributed by atoms with van der Waals surface area (Å²) in [5, 5.41) is 2.81. The van der Waals surface area contributed by atoms with Crippen molar-refractivity contribution in [3.05, 3.63) is 83.4 Å². The molecule has 2 N–H and O–H groups in total. The third-order valence-corrected chi connectivity index (χ3v) is 6.00. The number of sulfonamides is 1. The van der Waals surface area contributed by atoms with Gasteiger partial charge in [-0.1, -0.05) is 24.3 Å². The molecule has 0 saturated carbocycles. The molecule has 7 heteroatoms. The Kier molecular flexibility index (Phi) is 6.65. The van der Waals surface area contributed by atoms with Crippen LogP contribution in [0.5, 0.6) is 5.75 Å². The van der Waals surface area contributed by atoms with E-state index in [0.717, 1.165) is 5.56 Å². The molecule has 31 heavy (non-hydrogen) atoms. The van der Waals surface area contributed by atoms with E-state index in [9.17, 15) is 13.2 Å². The molecule has 0 bridgehead atoms. The van der Waals surface area contributed by atoms with Gasteiger partial charge in [-0.05, 0) is 81.3 Å². The van der Waals surface area contributed by atoms with E-state index in [-0.39, 0.29) is 22.5 Å². The summed E-state index contributed by atoms with van der Waals surface area (Å²) in [6.07, 6.45) is 0.0565. The van der Waals surface area contributed by atoms with Gasteiger partial charge in [-0.2, -0.15) is 0 Å². The van der Waals surface area contributed by atoms with Crippen LogP contribution in [-0.4, -0.2) is 20.4 Å². The standard InChI is InChI=1S/C24H26N2O4S/c1-16(2)30-20-12-10-19(11-13-20)25-24(27)22-15-21(14-9-17(22)3)31(28,29)26-23-8-6-5-7-18(23)4/h5-16,26H,1-4H3,(H,25,27). The van der Waals surface area contributed by atoms with Gasteiger partial charge in [0.25, 0.3) is 15.9 Å². The second-order valence-corrected chi connectivity index (χ2v) is 9.22. The van der Waals surface area contributed by atoms with Gasteiger partial charge in [-0.3, -0.25) is 9.52 Å². The monoisotopic (exact) mass is 438 g/mol. The maximum atomic E-state index is 12.9. The van der Waals surface area contributed by atoms with Crippen LogP contribution in [0.3, 0.4) is 0 Å². The van der Waals surface area contributed by atoms with Crippen LogP contribution in [0.4, 0.5) is 11.4 Å². The van der Waals surface area contributed by atoms with Gasteiger partial charge in [-0.15, -0.1) is 0 Å². The van der Waals surface area contributed by atoms with E-state index < -0.39 is 10.0 Å². The number of hydrogen-bond donors (Lipinski definition) is 2. The lowest BCUT2D eigenvalue weighted by Gasteiger charge is -2.13. The second kappa shape index (κ2) is 9.22. The highest BCUT2D eigenvalue weighted by atomic mass is 32.2. The van der Waals surface area contributed by atoms with Crippen LogP contribution in [-0.2, 0) is 10.0 Å². The van der Waals surface area contributed by atoms with Crippen molar-refractivity contribution in [2.75, 3.05) is 10.0 Å². The maximum absolute atomic E-state index is 12.9. The molecule has 0 aromatic heterocycles. The van der Waals surface area contributed by atoms with Crippen molar-refractivity contribution in [3.8, 4) is 5.75 Å². The summed E-state index contributed by atoms with van der Waals surface area (Å²) in [5.74, 6) is 0.322. The molecule has 0 radical (unpaired) electrons. The van der Waals surface area contributed by atoms with Crippen LogP contribution in [0.1, 0.15) is 35.3 Å². The van der Waals surface area contributed by atoms with Crippen molar-refractivity contribution in [3.63, 3.8) is 0 Å². The van der Waals surface area contributed by atoms with E-state index in [2.05, 4.69) is 10.0 Å². The number of carbonyl (C=O) groups is 1. The molecule has 6 nitrogen and oxygen atoms in total. The Morgan fingerprint density at radius 1 is 0.903 bits per heavy atom. The Labute approximate surface area is 183 Å². The Hall–Kier alpha value is -3.32. The number of nitrogens with one attached hydrogen (secondary N) is 2. The van der Waals surface area contributed by atoms with Crippen molar-refractivity contribution in [2.24, 2.45) is 0 Å². The fourth-order valence-corrected chi connectivity index (χ4v) is 4.15. The highest BCUT2D eigenvalue weighted by molar-refractivity contribution is 7.92. The minimum absolute atomic E-state index is 0.0205. The summed E-state index contributed by atoms with van der Waals surface area (Å²) in [6, 6.07) is 18.7. The van der Waals surface area contributed by atoms with E-state index >= 15 is 0 Å². The van der Waals surface area contributed by atoms with Crippen molar-refractivity contribution >= 4 is 27.3 Å². The van der Waals surface area contributed by atoms with Gasteiger partial charge in [0, 0.05) is 11.3 Å². The first-order valence-corrected chi connectivity index (χ1v) is 11.4. The van der Waals surface area contributed by atoms with Gasteiger partial charge in [-0.25, -0.2) is 8.42 Å². The number of anilines is 2. The van der Waals surface area contributed by atoms with E-state index in [1.165, 1.54) is 12.1 Å². The topological polar surface area (TPSA) is 84.5 Å². The lowest BCUT2D eigenvalue weighted by molar-refractivity contribution is 0.102. The fraction of sp³-hybridized carbons (Fsp3) is 0.208. The predicted octanol–water partition coefficient (Wildman–Crippen LogP) is 5.14. The minimum Gasteiger partial charge on any atom is -0.491 e. The van der Waals surface area contributed by atoms with Crippen LogP contribution < -0.4 is 14.8 Å². The number of para-hydroxylation sites is 1. The van der Waals surface area contributed by atoms with Crippen molar-refractivity contribution < 1.29 is 17.9 Å². The van der Waals surface area contributed by atoms with Crippen LogP contribution in [0.15, 0.2) is 71.6 Å². The Morgan fingerprint density at radius 2 is 1.58 bits per heavy atom.